The van der Waals surface area contributed by atoms with Gasteiger partial charge in [-0.2, -0.15) is 0 Å². The van der Waals surface area contributed by atoms with Crippen molar-refractivity contribution in [3.63, 3.8) is 0 Å². The van der Waals surface area contributed by atoms with Crippen LogP contribution < -0.4 is 5.32 Å². The number of nitrogens with one attached hydrogen (secondary N) is 1. The van der Waals surface area contributed by atoms with E-state index >= 15 is 0 Å². The molecule has 2 N–H and O–H groups in total. The number of aliphatic hydroxyl groups excluding tert-OH is 1. The van der Waals surface area contributed by atoms with Crippen molar-refractivity contribution in [1.29, 1.82) is 0 Å². The molecular weight excluding hydrogens is 313 g/mol. The van der Waals surface area contributed by atoms with Crippen LogP contribution in [0, 0.1) is 0 Å². The first-order chi connectivity index (χ1) is 8.43. The summed E-state index contributed by atoms with van der Waals surface area (Å²) in [4.78, 5) is 0. The van der Waals surface area contributed by atoms with Gasteiger partial charge in [-0.25, -0.2) is 0 Å². The molecule has 98 valence electrons. The number of hydrogen-bond donors (Lipinski definition) is 2. The second kappa shape index (κ2) is 5.53. The van der Waals surface area contributed by atoms with E-state index in [-0.39, 0.29) is 0 Å². The molecule has 2 rings (SSSR count). The van der Waals surface area contributed by atoms with E-state index in [4.69, 9.17) is 34.8 Å². The van der Waals surface area contributed by atoms with Crippen molar-refractivity contribution in [1.82, 2.24) is 5.32 Å². The zero-order valence-corrected chi connectivity index (χ0v) is 12.6. The fourth-order valence-corrected chi connectivity index (χ4v) is 3.37. The van der Waals surface area contributed by atoms with Gasteiger partial charge >= 0.3 is 0 Å². The molecule has 2 aromatic rings. The quantitative estimate of drug-likeness (QED) is 0.840. The second-order valence-corrected chi connectivity index (χ2v) is 7.29. The number of likely N-dealkylation sites (N-methyl/N-ethyl adjacent to an activating group) is 1. The van der Waals surface area contributed by atoms with Crippen LogP contribution in [0.2, 0.25) is 0 Å². The van der Waals surface area contributed by atoms with Gasteiger partial charge < -0.3 is 10.4 Å². The first-order valence-electron chi connectivity index (χ1n) is 5.32. The molecule has 0 bridgehead atoms. The molecule has 0 saturated carbocycles. The van der Waals surface area contributed by atoms with Gasteiger partial charge in [-0.15, -0.1) is 11.3 Å². The van der Waals surface area contributed by atoms with E-state index in [1.807, 2.05) is 29.6 Å². The van der Waals surface area contributed by atoms with Crippen LogP contribution >= 0.6 is 46.1 Å². The molecule has 0 fully saturated rings. The summed E-state index contributed by atoms with van der Waals surface area (Å²) in [6.07, 6.45) is -0.881. The third kappa shape index (κ3) is 2.93. The number of fused-ring (bicyclic) bond motifs is 1. The predicted molar refractivity (Wildman–Crippen MR) is 79.9 cm³/mol. The van der Waals surface area contributed by atoms with E-state index in [2.05, 4.69) is 5.32 Å². The molecule has 1 aromatic carbocycles. The van der Waals surface area contributed by atoms with Gasteiger partial charge in [0.2, 0.25) is 3.79 Å². The molecule has 1 aromatic heterocycles. The predicted octanol–water partition coefficient (Wildman–Crippen LogP) is 3.89. The summed E-state index contributed by atoms with van der Waals surface area (Å²) in [6, 6.07) is 7.09. The Balaban J connectivity index is 2.34. The summed E-state index contributed by atoms with van der Waals surface area (Å²) in [6.45, 7) is 0. The van der Waals surface area contributed by atoms with E-state index in [0.717, 1.165) is 15.6 Å². The molecule has 18 heavy (non-hydrogen) atoms. The van der Waals surface area contributed by atoms with Gasteiger partial charge in [0.25, 0.3) is 0 Å². The van der Waals surface area contributed by atoms with E-state index in [1.165, 1.54) is 0 Å². The number of rotatable bonds is 3. The summed E-state index contributed by atoms with van der Waals surface area (Å²) < 4.78 is -0.468. The monoisotopic (exact) mass is 323 g/mol. The highest BCUT2D eigenvalue weighted by Crippen LogP contribution is 2.37. The molecule has 2 atom stereocenters. The van der Waals surface area contributed by atoms with Crippen molar-refractivity contribution in [3.05, 3.63) is 35.2 Å². The van der Waals surface area contributed by atoms with Crippen LogP contribution in [-0.2, 0) is 0 Å². The van der Waals surface area contributed by atoms with E-state index in [9.17, 15) is 5.11 Å². The van der Waals surface area contributed by atoms with Gasteiger partial charge in [0, 0.05) is 4.70 Å². The van der Waals surface area contributed by atoms with Crippen LogP contribution in [0.4, 0.5) is 0 Å². The standard InChI is InChI=1S/C12H12Cl3NOS/c1-16-11(12(13,14)15)10(17)8-3-2-7-4-5-18-9(7)6-8/h2-6,10-11,16-17H,1H3. The van der Waals surface area contributed by atoms with Gasteiger partial charge in [-0.3, -0.25) is 0 Å². The van der Waals surface area contributed by atoms with Gasteiger partial charge in [-0.05, 0) is 35.5 Å². The highest BCUT2D eigenvalue weighted by atomic mass is 35.6. The summed E-state index contributed by atoms with van der Waals surface area (Å²) in [5.74, 6) is 0. The number of aliphatic hydroxyl groups is 1. The minimum absolute atomic E-state index is 0.667. The van der Waals surface area contributed by atoms with Crippen molar-refractivity contribution in [2.75, 3.05) is 7.05 Å². The van der Waals surface area contributed by atoms with Crippen molar-refractivity contribution >= 4 is 56.2 Å². The molecular formula is C12H12Cl3NOS. The largest absolute Gasteiger partial charge is 0.387 e. The summed E-state index contributed by atoms with van der Waals surface area (Å²) in [5.41, 5.74) is 0.732. The molecule has 1 heterocycles. The van der Waals surface area contributed by atoms with E-state index < -0.39 is 15.9 Å². The Hall–Kier alpha value is -0.0300. The van der Waals surface area contributed by atoms with Crippen LogP contribution in [0.15, 0.2) is 29.6 Å². The van der Waals surface area contributed by atoms with Crippen LogP contribution in [0.5, 0.6) is 0 Å². The van der Waals surface area contributed by atoms with Gasteiger partial charge in [0.1, 0.15) is 0 Å². The fourth-order valence-electron chi connectivity index (χ4n) is 1.85. The van der Waals surface area contributed by atoms with Crippen LogP contribution in [0.1, 0.15) is 11.7 Å². The summed E-state index contributed by atoms with van der Waals surface area (Å²) in [7, 11) is 1.65. The number of alkyl halides is 3. The van der Waals surface area contributed by atoms with Gasteiger partial charge in [0.05, 0.1) is 12.1 Å². The Labute approximate surface area is 124 Å². The molecule has 0 saturated heterocycles. The molecule has 0 radical (unpaired) electrons. The van der Waals surface area contributed by atoms with Crippen LogP contribution in [0.25, 0.3) is 10.1 Å². The third-order valence-corrected chi connectivity index (χ3v) is 4.39. The van der Waals surface area contributed by atoms with E-state index in [1.54, 1.807) is 18.4 Å². The SMILES string of the molecule is CNC(C(O)c1ccc2ccsc2c1)C(Cl)(Cl)Cl. The topological polar surface area (TPSA) is 32.3 Å². The zero-order valence-electron chi connectivity index (χ0n) is 9.53. The molecule has 0 amide bonds. The maximum absolute atomic E-state index is 10.3. The van der Waals surface area contributed by atoms with Gasteiger partial charge in [-0.1, -0.05) is 46.9 Å². The lowest BCUT2D eigenvalue weighted by molar-refractivity contribution is 0.134. The molecule has 0 aliphatic carbocycles. The maximum atomic E-state index is 10.3. The van der Waals surface area contributed by atoms with Crippen molar-refractivity contribution in [2.24, 2.45) is 0 Å². The number of hydrogen-bond acceptors (Lipinski definition) is 3. The second-order valence-electron chi connectivity index (χ2n) is 3.97. The fraction of sp³-hybridized carbons (Fsp3) is 0.333. The highest BCUT2D eigenvalue weighted by Gasteiger charge is 2.37. The Kier molecular flexibility index (Phi) is 4.42. The molecule has 2 unspecified atom stereocenters. The summed E-state index contributed by atoms with van der Waals surface area (Å²) in [5, 5.41) is 16.3. The number of halogens is 3. The Morgan fingerprint density at radius 2 is 2.00 bits per heavy atom. The first kappa shape index (κ1) is 14.4. The van der Waals surface area contributed by atoms with Crippen molar-refractivity contribution in [3.8, 4) is 0 Å². The Morgan fingerprint density at radius 3 is 2.61 bits per heavy atom. The van der Waals surface area contributed by atoms with Crippen LogP contribution in [-0.4, -0.2) is 22.0 Å². The van der Waals surface area contributed by atoms with Gasteiger partial charge in [0.15, 0.2) is 0 Å². The molecule has 2 nitrogen and oxygen atoms in total. The third-order valence-electron chi connectivity index (χ3n) is 2.80. The minimum atomic E-state index is -1.57. The van der Waals surface area contributed by atoms with Crippen molar-refractivity contribution < 1.29 is 5.11 Å². The lowest BCUT2D eigenvalue weighted by Gasteiger charge is -2.28. The molecule has 0 aliphatic rings. The lowest BCUT2D eigenvalue weighted by Crippen LogP contribution is -2.42. The van der Waals surface area contributed by atoms with Crippen molar-refractivity contribution in [2.45, 2.75) is 15.9 Å². The molecule has 6 heteroatoms. The minimum Gasteiger partial charge on any atom is -0.387 e. The number of thiophene rings is 1. The smallest absolute Gasteiger partial charge is 0.208 e. The van der Waals surface area contributed by atoms with E-state index in [0.29, 0.717) is 0 Å². The maximum Gasteiger partial charge on any atom is 0.208 e. The summed E-state index contributed by atoms with van der Waals surface area (Å²) >= 11 is 19.2. The number of benzene rings is 1. The normalized spacial score (nSPS) is 15.8. The lowest BCUT2D eigenvalue weighted by atomic mass is 10.0. The van der Waals surface area contributed by atoms with Crippen LogP contribution in [0.3, 0.4) is 0 Å². The highest BCUT2D eigenvalue weighted by molar-refractivity contribution is 7.17. The molecule has 0 aliphatic heterocycles. The Bertz CT molecular complexity index is 537. The average molecular weight is 325 g/mol. The molecule has 0 spiro atoms. The average Bonchev–Trinajstić information content (AvgIpc) is 2.74. The first-order valence-corrected chi connectivity index (χ1v) is 7.34. The zero-order chi connectivity index (χ0) is 13.3. The Morgan fingerprint density at radius 1 is 1.28 bits per heavy atom.